The van der Waals surface area contributed by atoms with Gasteiger partial charge in [0.05, 0.1) is 17.9 Å². The van der Waals surface area contributed by atoms with Crippen LogP contribution in [-0.2, 0) is 4.79 Å². The lowest BCUT2D eigenvalue weighted by Crippen LogP contribution is -2.34. The van der Waals surface area contributed by atoms with Gasteiger partial charge >= 0.3 is 5.91 Å². The van der Waals surface area contributed by atoms with Crippen LogP contribution in [0, 0.1) is 6.92 Å². The van der Waals surface area contributed by atoms with Crippen molar-refractivity contribution >= 4 is 23.1 Å². The van der Waals surface area contributed by atoms with E-state index in [-0.39, 0.29) is 6.67 Å². The molecule has 0 bridgehead atoms. The molecule has 0 radical (unpaired) electrons. The Morgan fingerprint density at radius 1 is 1.00 bits per heavy atom. The van der Waals surface area contributed by atoms with E-state index >= 15 is 0 Å². The lowest BCUT2D eigenvalue weighted by Gasteiger charge is -2.18. The first-order chi connectivity index (χ1) is 9.68. The highest BCUT2D eigenvalue weighted by Crippen LogP contribution is 2.28. The molecule has 100 valence electrons. The van der Waals surface area contributed by atoms with Gasteiger partial charge in [-0.3, -0.25) is 14.5 Å². The lowest BCUT2D eigenvalue weighted by atomic mass is 10.1. The number of amides is 1. The van der Waals surface area contributed by atoms with E-state index in [1.807, 2.05) is 37.3 Å². The molecule has 0 spiro atoms. The highest BCUT2D eigenvalue weighted by molar-refractivity contribution is 6.52. The number of hydrogen-bond donors (Lipinski definition) is 1. The molecular weight excluding hydrogens is 252 g/mol. The smallest absolute Gasteiger partial charge is 0.300 e. The van der Waals surface area contributed by atoms with Crippen molar-refractivity contribution in [3.8, 4) is 0 Å². The van der Waals surface area contributed by atoms with Gasteiger partial charge < -0.3 is 5.32 Å². The number of anilines is 2. The molecule has 2 aromatic carbocycles. The zero-order valence-corrected chi connectivity index (χ0v) is 11.1. The molecule has 3 rings (SSSR count). The molecule has 0 unspecified atom stereocenters. The zero-order valence-electron chi connectivity index (χ0n) is 11.1. The van der Waals surface area contributed by atoms with Gasteiger partial charge in [-0.25, -0.2) is 0 Å². The Morgan fingerprint density at radius 3 is 2.50 bits per heavy atom. The molecule has 20 heavy (non-hydrogen) atoms. The third-order valence-electron chi connectivity index (χ3n) is 3.45. The third kappa shape index (κ3) is 1.95. The summed E-state index contributed by atoms with van der Waals surface area (Å²) in [5.74, 6) is -0.917. The first-order valence-electron chi connectivity index (χ1n) is 6.43. The van der Waals surface area contributed by atoms with E-state index in [9.17, 15) is 9.59 Å². The number of nitrogens with one attached hydrogen (secondary N) is 1. The van der Waals surface area contributed by atoms with Crippen molar-refractivity contribution in [1.29, 1.82) is 0 Å². The minimum atomic E-state index is -0.479. The quantitative estimate of drug-likeness (QED) is 0.869. The number of carbonyl (C=O) groups is 2. The summed E-state index contributed by atoms with van der Waals surface area (Å²) >= 11 is 0. The molecule has 4 heteroatoms. The summed E-state index contributed by atoms with van der Waals surface area (Å²) in [5.41, 5.74) is 3.20. The molecule has 2 aromatic rings. The number of Topliss-reactive ketones (excluding diaryl/α,β-unsaturated/α-hetero) is 1. The largest absolute Gasteiger partial charge is 0.367 e. The molecule has 4 nitrogen and oxygen atoms in total. The number of benzene rings is 2. The molecule has 1 aliphatic heterocycles. The van der Waals surface area contributed by atoms with E-state index in [2.05, 4.69) is 5.32 Å². The van der Waals surface area contributed by atoms with Gasteiger partial charge in [0.15, 0.2) is 0 Å². The van der Waals surface area contributed by atoms with Crippen LogP contribution in [0.25, 0.3) is 0 Å². The molecule has 0 saturated heterocycles. The van der Waals surface area contributed by atoms with Crippen LogP contribution in [0.3, 0.4) is 0 Å². The van der Waals surface area contributed by atoms with Crippen molar-refractivity contribution in [2.75, 3.05) is 16.9 Å². The Balaban J connectivity index is 1.84. The van der Waals surface area contributed by atoms with Gasteiger partial charge in [-0.05, 0) is 30.7 Å². The maximum absolute atomic E-state index is 12.0. The number of ketones is 1. The highest BCUT2D eigenvalue weighted by atomic mass is 16.2. The maximum atomic E-state index is 12.0. The van der Waals surface area contributed by atoms with Gasteiger partial charge in [0.2, 0.25) is 0 Å². The number of rotatable bonds is 3. The summed E-state index contributed by atoms with van der Waals surface area (Å²) in [6, 6.07) is 14.9. The van der Waals surface area contributed by atoms with E-state index < -0.39 is 11.7 Å². The second-order valence-electron chi connectivity index (χ2n) is 4.73. The molecule has 1 aliphatic rings. The van der Waals surface area contributed by atoms with Crippen LogP contribution >= 0.6 is 0 Å². The van der Waals surface area contributed by atoms with Crippen LogP contribution in [0.15, 0.2) is 48.5 Å². The van der Waals surface area contributed by atoms with E-state index in [4.69, 9.17) is 0 Å². The third-order valence-corrected chi connectivity index (χ3v) is 3.45. The number of nitrogens with zero attached hydrogens (tertiary/aromatic N) is 1. The van der Waals surface area contributed by atoms with E-state index in [1.54, 1.807) is 18.2 Å². The van der Waals surface area contributed by atoms with Gasteiger partial charge in [-0.2, -0.15) is 0 Å². The zero-order chi connectivity index (χ0) is 14.1. The van der Waals surface area contributed by atoms with Gasteiger partial charge in [-0.1, -0.05) is 30.3 Å². The average Bonchev–Trinajstić information content (AvgIpc) is 2.71. The predicted octanol–water partition coefficient (Wildman–Crippen LogP) is 2.59. The van der Waals surface area contributed by atoms with Gasteiger partial charge in [0.25, 0.3) is 5.78 Å². The fourth-order valence-corrected chi connectivity index (χ4v) is 2.34. The fourth-order valence-electron chi connectivity index (χ4n) is 2.34. The topological polar surface area (TPSA) is 49.4 Å². The molecule has 0 saturated carbocycles. The van der Waals surface area contributed by atoms with Crippen LogP contribution < -0.4 is 10.2 Å². The Kier molecular flexibility index (Phi) is 2.99. The standard InChI is InChI=1S/C16H14N2O2/c1-11-6-2-4-8-13(11)17-10-18-14-9-5-3-7-12(14)15(19)16(18)20/h2-9,17H,10H2,1H3. The maximum Gasteiger partial charge on any atom is 0.300 e. The van der Waals surface area contributed by atoms with Gasteiger partial charge in [0.1, 0.15) is 0 Å². The Hall–Kier alpha value is -2.62. The first-order valence-corrected chi connectivity index (χ1v) is 6.43. The Bertz CT molecular complexity index is 694. The molecule has 0 aromatic heterocycles. The fraction of sp³-hybridized carbons (Fsp3) is 0.125. The minimum Gasteiger partial charge on any atom is -0.367 e. The summed E-state index contributed by atoms with van der Waals surface area (Å²) < 4.78 is 0. The van der Waals surface area contributed by atoms with Crippen LogP contribution in [0.1, 0.15) is 15.9 Å². The van der Waals surface area contributed by atoms with Crippen molar-refractivity contribution in [3.63, 3.8) is 0 Å². The summed E-state index contributed by atoms with van der Waals surface area (Å²) in [6.07, 6.45) is 0. The number of fused-ring (bicyclic) bond motifs is 1. The molecular formula is C16H14N2O2. The van der Waals surface area contributed by atoms with Crippen LogP contribution in [0.4, 0.5) is 11.4 Å². The summed E-state index contributed by atoms with van der Waals surface area (Å²) in [4.78, 5) is 25.3. The van der Waals surface area contributed by atoms with Crippen molar-refractivity contribution in [2.45, 2.75) is 6.92 Å². The second kappa shape index (κ2) is 4.81. The molecule has 0 fully saturated rings. The van der Waals surface area contributed by atoms with E-state index in [0.29, 0.717) is 11.3 Å². The van der Waals surface area contributed by atoms with Crippen molar-refractivity contribution in [1.82, 2.24) is 0 Å². The molecule has 1 heterocycles. The average molecular weight is 266 g/mol. The van der Waals surface area contributed by atoms with Crippen molar-refractivity contribution in [3.05, 3.63) is 59.7 Å². The Morgan fingerprint density at radius 2 is 1.70 bits per heavy atom. The van der Waals surface area contributed by atoms with Gasteiger partial charge in [0, 0.05) is 5.69 Å². The monoisotopic (exact) mass is 266 g/mol. The van der Waals surface area contributed by atoms with Crippen LogP contribution in [0.5, 0.6) is 0 Å². The first kappa shape index (κ1) is 12.4. The number of para-hydroxylation sites is 2. The summed E-state index contributed by atoms with van der Waals surface area (Å²) in [6.45, 7) is 2.28. The number of hydrogen-bond acceptors (Lipinski definition) is 3. The molecule has 1 N–H and O–H groups in total. The van der Waals surface area contributed by atoms with Crippen LogP contribution in [-0.4, -0.2) is 18.4 Å². The number of carbonyl (C=O) groups excluding carboxylic acids is 2. The van der Waals surface area contributed by atoms with Crippen LogP contribution in [0.2, 0.25) is 0 Å². The molecule has 0 aliphatic carbocycles. The van der Waals surface area contributed by atoms with E-state index in [1.165, 1.54) is 4.90 Å². The SMILES string of the molecule is Cc1ccccc1NCN1C(=O)C(=O)c2ccccc21. The van der Waals surface area contributed by atoms with Crippen molar-refractivity contribution < 1.29 is 9.59 Å². The summed E-state index contributed by atoms with van der Waals surface area (Å²) in [5, 5.41) is 3.20. The minimum absolute atomic E-state index is 0.284. The molecule has 1 amide bonds. The Labute approximate surface area is 117 Å². The van der Waals surface area contributed by atoms with Crippen molar-refractivity contribution in [2.24, 2.45) is 0 Å². The normalized spacial score (nSPS) is 13.6. The predicted molar refractivity (Wildman–Crippen MR) is 77.9 cm³/mol. The summed E-state index contributed by atoms with van der Waals surface area (Å²) in [7, 11) is 0. The van der Waals surface area contributed by atoms with E-state index in [0.717, 1.165) is 11.3 Å². The highest BCUT2D eigenvalue weighted by Gasteiger charge is 2.35. The molecule has 0 atom stereocenters. The van der Waals surface area contributed by atoms with Gasteiger partial charge in [-0.15, -0.1) is 0 Å². The second-order valence-corrected chi connectivity index (χ2v) is 4.73. The number of aryl methyl sites for hydroxylation is 1. The lowest BCUT2D eigenvalue weighted by molar-refractivity contribution is -0.114.